The maximum absolute atomic E-state index is 12.8. The van der Waals surface area contributed by atoms with E-state index in [-0.39, 0.29) is 11.3 Å². The van der Waals surface area contributed by atoms with Crippen molar-refractivity contribution in [1.29, 1.82) is 0 Å². The molecule has 0 spiro atoms. The number of hydrogen-bond acceptors (Lipinski definition) is 3. The molecule has 24 heavy (non-hydrogen) atoms. The second kappa shape index (κ2) is 6.84. The summed E-state index contributed by atoms with van der Waals surface area (Å²) in [4.78, 5) is 14.4. The van der Waals surface area contributed by atoms with Crippen LogP contribution in [0, 0.1) is 19.3 Å². The molecule has 1 aliphatic heterocycles. The van der Waals surface area contributed by atoms with Crippen molar-refractivity contribution in [3.8, 4) is 0 Å². The van der Waals surface area contributed by atoms with Gasteiger partial charge in [0.1, 0.15) is 0 Å². The Hall–Kier alpha value is -1.40. The van der Waals surface area contributed by atoms with Crippen LogP contribution in [0.25, 0.3) is 0 Å². The molecular weight excluding hydrogens is 324 g/mol. The van der Waals surface area contributed by atoms with Crippen LogP contribution in [0.4, 0.5) is 0 Å². The topological polar surface area (TPSA) is 57.7 Å². The smallest absolute Gasteiger partial charge is 0.243 e. The number of sulfonamides is 1. The summed E-state index contributed by atoms with van der Waals surface area (Å²) in [6.45, 7) is 11.5. The Balaban J connectivity index is 2.07. The first-order chi connectivity index (χ1) is 11.0. The first-order valence-electron chi connectivity index (χ1n) is 8.36. The highest BCUT2D eigenvalue weighted by Gasteiger charge is 2.31. The highest BCUT2D eigenvalue weighted by atomic mass is 32.2. The zero-order valence-electron chi connectivity index (χ0n) is 15.3. The second-order valence-electron chi connectivity index (χ2n) is 7.79. The zero-order chi connectivity index (χ0) is 18.1. The summed E-state index contributed by atoms with van der Waals surface area (Å²) >= 11 is 0. The van der Waals surface area contributed by atoms with Crippen LogP contribution >= 0.6 is 0 Å². The fourth-order valence-corrected chi connectivity index (χ4v) is 4.60. The van der Waals surface area contributed by atoms with Gasteiger partial charge in [-0.2, -0.15) is 4.31 Å². The van der Waals surface area contributed by atoms with E-state index in [1.165, 1.54) is 4.31 Å². The summed E-state index contributed by atoms with van der Waals surface area (Å²) in [5.74, 6) is 0.103. The number of nitrogens with zero attached hydrogens (tertiary/aromatic N) is 2. The minimum Gasteiger partial charge on any atom is -0.340 e. The van der Waals surface area contributed by atoms with Gasteiger partial charge in [0.25, 0.3) is 0 Å². The summed E-state index contributed by atoms with van der Waals surface area (Å²) in [6.07, 6.45) is 0.483. The van der Waals surface area contributed by atoms with Crippen molar-refractivity contribution in [3.05, 3.63) is 29.3 Å². The number of carbonyl (C=O) groups excluding carboxylic acids is 1. The van der Waals surface area contributed by atoms with Gasteiger partial charge in [0.15, 0.2) is 0 Å². The quantitative estimate of drug-likeness (QED) is 0.840. The summed E-state index contributed by atoms with van der Waals surface area (Å²) < 4.78 is 27.2. The second-order valence-corrected chi connectivity index (χ2v) is 9.70. The average molecular weight is 353 g/mol. The van der Waals surface area contributed by atoms with E-state index >= 15 is 0 Å². The predicted octanol–water partition coefficient (Wildman–Crippen LogP) is 2.57. The van der Waals surface area contributed by atoms with E-state index in [9.17, 15) is 13.2 Å². The van der Waals surface area contributed by atoms with Crippen molar-refractivity contribution in [2.45, 2.75) is 45.9 Å². The third kappa shape index (κ3) is 4.36. The Morgan fingerprint density at radius 1 is 1.08 bits per heavy atom. The Kier molecular flexibility index (Phi) is 5.40. The maximum atomic E-state index is 12.8. The number of benzene rings is 1. The van der Waals surface area contributed by atoms with E-state index in [0.717, 1.165) is 11.1 Å². The maximum Gasteiger partial charge on any atom is 0.243 e. The van der Waals surface area contributed by atoms with Crippen LogP contribution < -0.4 is 0 Å². The molecule has 6 heteroatoms. The van der Waals surface area contributed by atoms with Crippen LogP contribution in [-0.2, 0) is 14.8 Å². The van der Waals surface area contributed by atoms with Gasteiger partial charge in [-0.05, 0) is 30.9 Å². The van der Waals surface area contributed by atoms with Crippen LogP contribution in [0.15, 0.2) is 23.1 Å². The third-order valence-electron chi connectivity index (χ3n) is 4.22. The number of hydrogen-bond donors (Lipinski definition) is 0. The largest absolute Gasteiger partial charge is 0.340 e. The molecule has 0 aromatic heterocycles. The molecule has 1 aliphatic rings. The van der Waals surface area contributed by atoms with Crippen molar-refractivity contribution >= 4 is 15.9 Å². The number of carbonyl (C=O) groups is 1. The molecular formula is C18H28N2O3S. The Morgan fingerprint density at radius 2 is 1.67 bits per heavy atom. The molecule has 134 valence electrons. The molecule has 0 radical (unpaired) electrons. The van der Waals surface area contributed by atoms with Gasteiger partial charge in [-0.3, -0.25) is 4.79 Å². The fraction of sp³-hybridized carbons (Fsp3) is 0.611. The van der Waals surface area contributed by atoms with Crippen molar-refractivity contribution < 1.29 is 13.2 Å². The van der Waals surface area contributed by atoms with Crippen LogP contribution in [0.5, 0.6) is 0 Å². The highest BCUT2D eigenvalue weighted by Crippen LogP contribution is 2.24. The molecule has 0 N–H and O–H groups in total. The van der Waals surface area contributed by atoms with Crippen LogP contribution in [0.3, 0.4) is 0 Å². The van der Waals surface area contributed by atoms with E-state index in [0.29, 0.717) is 37.5 Å². The van der Waals surface area contributed by atoms with Crippen LogP contribution in [0.1, 0.15) is 38.3 Å². The lowest BCUT2D eigenvalue weighted by Crippen LogP contribution is -2.51. The molecule has 0 aliphatic carbocycles. The number of rotatable bonds is 3. The van der Waals surface area contributed by atoms with Gasteiger partial charge >= 0.3 is 0 Å². The van der Waals surface area contributed by atoms with E-state index in [4.69, 9.17) is 0 Å². The minimum absolute atomic E-state index is 0.0562. The van der Waals surface area contributed by atoms with Gasteiger partial charge in [-0.25, -0.2) is 8.42 Å². The number of piperazine rings is 1. The van der Waals surface area contributed by atoms with Crippen molar-refractivity contribution in [1.82, 2.24) is 9.21 Å². The Bertz CT molecular complexity index is 712. The SMILES string of the molecule is Cc1ccc(S(=O)(=O)N2CCN(C(=O)CC(C)(C)C)CC2)c(C)c1. The van der Waals surface area contributed by atoms with E-state index in [1.54, 1.807) is 11.0 Å². The molecule has 0 atom stereocenters. The van der Waals surface area contributed by atoms with Gasteiger partial charge in [0.2, 0.25) is 15.9 Å². The van der Waals surface area contributed by atoms with Gasteiger partial charge in [-0.15, -0.1) is 0 Å². The normalized spacial score (nSPS) is 17.1. The summed E-state index contributed by atoms with van der Waals surface area (Å²) in [6, 6.07) is 5.39. The zero-order valence-corrected chi connectivity index (χ0v) is 16.1. The molecule has 1 fully saturated rings. The van der Waals surface area contributed by atoms with E-state index < -0.39 is 10.0 Å². The van der Waals surface area contributed by atoms with Gasteiger partial charge in [0, 0.05) is 32.6 Å². The molecule has 1 aromatic rings. The summed E-state index contributed by atoms with van der Waals surface area (Å²) in [5.41, 5.74) is 1.75. The van der Waals surface area contributed by atoms with Crippen molar-refractivity contribution in [2.24, 2.45) is 5.41 Å². The summed E-state index contributed by atoms with van der Waals surface area (Å²) in [7, 11) is -3.50. The Labute approximate surface area is 145 Å². The molecule has 2 rings (SSSR count). The first-order valence-corrected chi connectivity index (χ1v) is 9.80. The summed E-state index contributed by atoms with van der Waals surface area (Å²) in [5, 5.41) is 0. The molecule has 5 nitrogen and oxygen atoms in total. The average Bonchev–Trinajstić information content (AvgIpc) is 2.45. The Morgan fingerprint density at radius 3 is 2.17 bits per heavy atom. The lowest BCUT2D eigenvalue weighted by Gasteiger charge is -2.35. The van der Waals surface area contributed by atoms with Gasteiger partial charge in [0.05, 0.1) is 4.90 Å². The van der Waals surface area contributed by atoms with Gasteiger partial charge in [-0.1, -0.05) is 38.5 Å². The lowest BCUT2D eigenvalue weighted by molar-refractivity contribution is -0.134. The van der Waals surface area contributed by atoms with Gasteiger partial charge < -0.3 is 4.90 Å². The third-order valence-corrected chi connectivity index (χ3v) is 6.28. The van der Waals surface area contributed by atoms with E-state index in [1.807, 2.05) is 46.8 Å². The van der Waals surface area contributed by atoms with E-state index in [2.05, 4.69) is 0 Å². The van der Waals surface area contributed by atoms with Crippen LogP contribution in [-0.4, -0.2) is 49.7 Å². The number of amides is 1. The molecule has 1 aromatic carbocycles. The molecule has 0 saturated carbocycles. The molecule has 1 heterocycles. The standard InChI is InChI=1S/C18H28N2O3S/c1-14-6-7-16(15(2)12-14)24(22,23)20-10-8-19(9-11-20)17(21)13-18(3,4)5/h6-7,12H,8-11,13H2,1-5H3. The molecule has 1 amide bonds. The fourth-order valence-electron chi connectivity index (χ4n) is 2.97. The van der Waals surface area contributed by atoms with Crippen LogP contribution in [0.2, 0.25) is 0 Å². The van der Waals surface area contributed by atoms with Crippen molar-refractivity contribution in [2.75, 3.05) is 26.2 Å². The first kappa shape index (κ1) is 18.9. The monoisotopic (exact) mass is 352 g/mol. The highest BCUT2D eigenvalue weighted by molar-refractivity contribution is 7.89. The number of aryl methyl sites for hydroxylation is 2. The molecule has 1 saturated heterocycles. The predicted molar refractivity (Wildman–Crippen MR) is 95.3 cm³/mol. The molecule has 0 unspecified atom stereocenters. The van der Waals surface area contributed by atoms with Crippen molar-refractivity contribution in [3.63, 3.8) is 0 Å². The minimum atomic E-state index is -3.50. The molecule has 0 bridgehead atoms. The lowest BCUT2D eigenvalue weighted by atomic mass is 9.91.